The van der Waals surface area contributed by atoms with E-state index in [-0.39, 0.29) is 0 Å². The van der Waals surface area contributed by atoms with Crippen molar-refractivity contribution in [1.29, 1.82) is 0 Å². The highest BCUT2D eigenvalue weighted by Crippen LogP contribution is 2.37. The van der Waals surface area contributed by atoms with Gasteiger partial charge in [-0.15, -0.1) is 24.0 Å². The Labute approximate surface area is 99.6 Å². The molecule has 13 heavy (non-hydrogen) atoms. The fraction of sp³-hybridized carbons (Fsp3) is 0.111. The molecule has 0 spiro atoms. The van der Waals surface area contributed by atoms with E-state index >= 15 is 0 Å². The smallest absolute Gasteiger partial charge is 0.132 e. The molecule has 4 heteroatoms. The average Bonchev–Trinajstić information content (AvgIpc) is 2.49. The molecule has 2 rings (SSSR count). The molecular formula is C9H7IOS2. The highest BCUT2D eigenvalue weighted by atomic mass is 127. The van der Waals surface area contributed by atoms with E-state index in [2.05, 4.69) is 46.7 Å². The third-order valence-electron chi connectivity index (χ3n) is 1.85. The van der Waals surface area contributed by atoms with Crippen LogP contribution in [0.15, 0.2) is 22.4 Å². The summed E-state index contributed by atoms with van der Waals surface area (Å²) < 4.78 is 7.70. The third kappa shape index (κ3) is 1.55. The molecule has 1 nitrogen and oxygen atoms in total. The minimum atomic E-state index is 0.840. The van der Waals surface area contributed by atoms with E-state index in [1.54, 1.807) is 18.4 Å². The SMILES string of the molecule is COc1ccc2scc(I)c2c1S. The number of rotatable bonds is 1. The number of hydrogen-bond donors (Lipinski definition) is 1. The first-order chi connectivity index (χ1) is 6.24. The maximum absolute atomic E-state index is 5.20. The molecule has 0 radical (unpaired) electrons. The van der Waals surface area contributed by atoms with Gasteiger partial charge >= 0.3 is 0 Å². The zero-order valence-electron chi connectivity index (χ0n) is 6.87. The van der Waals surface area contributed by atoms with Gasteiger partial charge in [0.25, 0.3) is 0 Å². The summed E-state index contributed by atoms with van der Waals surface area (Å²) in [5, 5.41) is 3.33. The minimum absolute atomic E-state index is 0.840. The number of benzene rings is 1. The van der Waals surface area contributed by atoms with E-state index in [0.29, 0.717) is 0 Å². The molecule has 1 aromatic carbocycles. The molecule has 1 heterocycles. The number of fused-ring (bicyclic) bond motifs is 1. The number of hydrogen-bond acceptors (Lipinski definition) is 3. The van der Waals surface area contributed by atoms with Crippen LogP contribution in [0.3, 0.4) is 0 Å². The van der Waals surface area contributed by atoms with Gasteiger partial charge < -0.3 is 4.74 Å². The van der Waals surface area contributed by atoms with Crippen molar-refractivity contribution in [2.75, 3.05) is 7.11 Å². The van der Waals surface area contributed by atoms with Crippen LogP contribution in [0.25, 0.3) is 10.1 Å². The topological polar surface area (TPSA) is 9.23 Å². The monoisotopic (exact) mass is 322 g/mol. The number of halogens is 1. The van der Waals surface area contributed by atoms with Crippen LogP contribution in [0.4, 0.5) is 0 Å². The van der Waals surface area contributed by atoms with Crippen molar-refractivity contribution in [1.82, 2.24) is 0 Å². The summed E-state index contributed by atoms with van der Waals surface area (Å²) >= 11 is 8.51. The molecule has 0 amide bonds. The van der Waals surface area contributed by atoms with Crippen LogP contribution in [-0.2, 0) is 0 Å². The van der Waals surface area contributed by atoms with Crippen LogP contribution >= 0.6 is 46.6 Å². The fourth-order valence-electron chi connectivity index (χ4n) is 1.22. The van der Waals surface area contributed by atoms with Gasteiger partial charge in [0.2, 0.25) is 0 Å². The van der Waals surface area contributed by atoms with Gasteiger partial charge in [-0.25, -0.2) is 0 Å². The number of ether oxygens (including phenoxy) is 1. The molecule has 0 aliphatic rings. The predicted molar refractivity (Wildman–Crippen MR) is 68.3 cm³/mol. The first kappa shape index (κ1) is 9.61. The van der Waals surface area contributed by atoms with E-state index in [0.717, 1.165) is 10.6 Å². The van der Waals surface area contributed by atoms with Gasteiger partial charge in [0, 0.05) is 19.0 Å². The second-order valence-electron chi connectivity index (χ2n) is 2.57. The molecule has 0 unspecified atom stereocenters. The Balaban J connectivity index is 2.83. The Morgan fingerprint density at radius 3 is 2.92 bits per heavy atom. The summed E-state index contributed by atoms with van der Waals surface area (Å²) in [7, 11) is 1.67. The average molecular weight is 322 g/mol. The van der Waals surface area contributed by atoms with Crippen LogP contribution in [0.5, 0.6) is 5.75 Å². The molecule has 0 fully saturated rings. The number of methoxy groups -OCH3 is 1. The highest BCUT2D eigenvalue weighted by Gasteiger charge is 2.08. The molecule has 0 saturated heterocycles. The summed E-state index contributed by atoms with van der Waals surface area (Å²) in [6.07, 6.45) is 0. The Morgan fingerprint density at radius 1 is 1.46 bits per heavy atom. The van der Waals surface area contributed by atoms with Gasteiger partial charge in [-0.3, -0.25) is 0 Å². The molecule has 2 aromatic rings. The van der Waals surface area contributed by atoms with E-state index in [4.69, 9.17) is 4.74 Å². The summed E-state index contributed by atoms with van der Waals surface area (Å²) in [5.41, 5.74) is 0. The standard InChI is InChI=1S/C9H7IOS2/c1-11-6-2-3-7-8(9(6)12)5(10)4-13-7/h2-4,12H,1H3. The minimum Gasteiger partial charge on any atom is -0.496 e. The van der Waals surface area contributed by atoms with Gasteiger partial charge in [-0.2, -0.15) is 0 Å². The van der Waals surface area contributed by atoms with Crippen molar-refractivity contribution in [3.05, 3.63) is 21.1 Å². The largest absolute Gasteiger partial charge is 0.496 e. The Morgan fingerprint density at radius 2 is 2.23 bits per heavy atom. The third-order valence-corrected chi connectivity index (χ3v) is 4.52. The van der Waals surface area contributed by atoms with E-state index in [1.165, 1.54) is 13.7 Å². The lowest BCUT2D eigenvalue weighted by Crippen LogP contribution is -1.84. The van der Waals surface area contributed by atoms with Crippen molar-refractivity contribution < 1.29 is 4.74 Å². The van der Waals surface area contributed by atoms with E-state index < -0.39 is 0 Å². The first-order valence-electron chi connectivity index (χ1n) is 3.66. The molecule has 0 bridgehead atoms. The maximum atomic E-state index is 5.20. The second-order valence-corrected chi connectivity index (χ2v) is 5.09. The molecule has 0 aliphatic carbocycles. The van der Waals surface area contributed by atoms with Gasteiger partial charge in [0.1, 0.15) is 5.75 Å². The molecule has 0 N–H and O–H groups in total. The summed E-state index contributed by atoms with van der Waals surface area (Å²) in [6.45, 7) is 0. The van der Waals surface area contributed by atoms with Crippen LogP contribution in [0.1, 0.15) is 0 Å². The lowest BCUT2D eigenvalue weighted by atomic mass is 10.2. The highest BCUT2D eigenvalue weighted by molar-refractivity contribution is 14.1. The van der Waals surface area contributed by atoms with Gasteiger partial charge in [-0.05, 0) is 34.7 Å². The summed E-state index contributed by atoms with van der Waals surface area (Å²) in [5.74, 6) is 0.840. The van der Waals surface area contributed by atoms with E-state index in [9.17, 15) is 0 Å². The molecule has 0 atom stereocenters. The van der Waals surface area contributed by atoms with Crippen molar-refractivity contribution in [2.45, 2.75) is 4.90 Å². The lowest BCUT2D eigenvalue weighted by molar-refractivity contribution is 0.406. The maximum Gasteiger partial charge on any atom is 0.132 e. The van der Waals surface area contributed by atoms with Crippen LogP contribution in [-0.4, -0.2) is 7.11 Å². The number of thiophene rings is 1. The second kappa shape index (κ2) is 3.67. The fourth-order valence-corrected chi connectivity index (χ4v) is 3.87. The van der Waals surface area contributed by atoms with E-state index in [1.807, 2.05) is 6.07 Å². The van der Waals surface area contributed by atoms with Crippen molar-refractivity contribution in [3.63, 3.8) is 0 Å². The zero-order chi connectivity index (χ0) is 9.42. The van der Waals surface area contributed by atoms with Gasteiger partial charge in [0.05, 0.1) is 12.0 Å². The van der Waals surface area contributed by atoms with Crippen LogP contribution in [0, 0.1) is 3.57 Å². The lowest BCUT2D eigenvalue weighted by Gasteiger charge is -2.04. The number of thiol groups is 1. The predicted octanol–water partition coefficient (Wildman–Crippen LogP) is 3.80. The van der Waals surface area contributed by atoms with Gasteiger partial charge in [0.15, 0.2) is 0 Å². The Bertz CT molecular complexity index is 450. The van der Waals surface area contributed by atoms with Crippen molar-refractivity contribution >= 4 is 56.6 Å². The Kier molecular flexibility index (Phi) is 2.71. The first-order valence-corrected chi connectivity index (χ1v) is 6.07. The molecule has 68 valence electrons. The van der Waals surface area contributed by atoms with Crippen LogP contribution < -0.4 is 4.74 Å². The normalized spacial score (nSPS) is 10.7. The van der Waals surface area contributed by atoms with Crippen LogP contribution in [0.2, 0.25) is 0 Å². The zero-order valence-corrected chi connectivity index (χ0v) is 10.7. The molecular weight excluding hydrogens is 315 g/mol. The molecule has 0 aliphatic heterocycles. The molecule has 0 saturated carbocycles. The summed E-state index contributed by atoms with van der Waals surface area (Å²) in [6, 6.07) is 4.03. The quantitative estimate of drug-likeness (QED) is 0.621. The van der Waals surface area contributed by atoms with Crippen molar-refractivity contribution in [2.24, 2.45) is 0 Å². The summed E-state index contributed by atoms with van der Waals surface area (Å²) in [4.78, 5) is 0.936. The molecule has 1 aromatic heterocycles. The van der Waals surface area contributed by atoms with Crippen molar-refractivity contribution in [3.8, 4) is 5.75 Å². The van der Waals surface area contributed by atoms with Gasteiger partial charge in [-0.1, -0.05) is 0 Å². The Hall–Kier alpha value is 0.0600.